The fraction of sp³-hybridized carbons (Fsp3) is 0.296. The van der Waals surface area contributed by atoms with Crippen LogP contribution in [0.5, 0.6) is 11.6 Å². The number of pyridine rings is 2. The van der Waals surface area contributed by atoms with Gasteiger partial charge in [-0.3, -0.25) is 9.78 Å². The highest BCUT2D eigenvalue weighted by Crippen LogP contribution is 2.33. The summed E-state index contributed by atoms with van der Waals surface area (Å²) in [6.45, 7) is 3.94. The Labute approximate surface area is 184 Å². The van der Waals surface area contributed by atoms with E-state index in [2.05, 4.69) is 28.2 Å². The van der Waals surface area contributed by atoms with Crippen molar-refractivity contribution in [1.82, 2.24) is 9.97 Å². The maximum atomic E-state index is 12.5. The zero-order valence-electron chi connectivity index (χ0n) is 18.2. The molecule has 0 aliphatic heterocycles. The number of hydrogen-bond acceptors (Lipinski definition) is 4. The topological polar surface area (TPSA) is 52.1 Å². The number of carbonyl (C=O) groups is 1. The van der Waals surface area contributed by atoms with Gasteiger partial charge in [-0.25, -0.2) is 4.98 Å². The number of aryl methyl sites for hydroxylation is 2. The lowest BCUT2D eigenvalue weighted by molar-refractivity contribution is 0.0953. The predicted octanol–water partition coefficient (Wildman–Crippen LogP) is 6.73. The first-order chi connectivity index (χ1) is 15.0. The minimum Gasteiger partial charge on any atom is -0.439 e. The molecule has 2 heterocycles. The molecular weight excluding hydrogens is 384 g/mol. The number of rotatable bonds is 6. The summed E-state index contributed by atoms with van der Waals surface area (Å²) in [7, 11) is 0. The number of ether oxygens (including phenoxy) is 1. The maximum absolute atomic E-state index is 12.5. The molecule has 0 saturated heterocycles. The van der Waals surface area contributed by atoms with E-state index in [1.165, 1.54) is 5.57 Å². The maximum Gasteiger partial charge on any atom is 0.219 e. The van der Waals surface area contributed by atoms with E-state index in [0.29, 0.717) is 18.2 Å². The summed E-state index contributed by atoms with van der Waals surface area (Å²) in [5.74, 6) is 2.05. The van der Waals surface area contributed by atoms with Crippen LogP contribution >= 0.6 is 0 Å². The number of aromatic nitrogens is 2. The van der Waals surface area contributed by atoms with Crippen molar-refractivity contribution in [3.05, 3.63) is 88.9 Å². The Morgan fingerprint density at radius 1 is 1.03 bits per heavy atom. The van der Waals surface area contributed by atoms with Crippen LogP contribution in [0.4, 0.5) is 0 Å². The van der Waals surface area contributed by atoms with Gasteiger partial charge in [0.2, 0.25) is 5.88 Å². The average molecular weight is 413 g/mol. The van der Waals surface area contributed by atoms with Crippen LogP contribution in [0.25, 0.3) is 6.08 Å². The second kappa shape index (κ2) is 9.69. The van der Waals surface area contributed by atoms with E-state index in [-0.39, 0.29) is 5.78 Å². The molecule has 1 aromatic carbocycles. The highest BCUT2D eigenvalue weighted by molar-refractivity contribution is 5.95. The largest absolute Gasteiger partial charge is 0.439 e. The van der Waals surface area contributed by atoms with E-state index in [0.717, 1.165) is 53.8 Å². The van der Waals surface area contributed by atoms with Gasteiger partial charge in [0.25, 0.3) is 0 Å². The summed E-state index contributed by atoms with van der Waals surface area (Å²) in [6.07, 6.45) is 10.6. The molecule has 2 aromatic heterocycles. The smallest absolute Gasteiger partial charge is 0.219 e. The van der Waals surface area contributed by atoms with Gasteiger partial charge in [0.05, 0.1) is 0 Å². The minimum absolute atomic E-state index is 0.208. The number of nitrogens with zero attached hydrogens (tertiary/aromatic N) is 2. The summed E-state index contributed by atoms with van der Waals surface area (Å²) < 4.78 is 5.89. The van der Waals surface area contributed by atoms with Crippen LogP contribution < -0.4 is 4.74 Å². The molecule has 1 aliphatic carbocycles. The molecule has 4 heteroatoms. The van der Waals surface area contributed by atoms with Crippen molar-refractivity contribution in [2.45, 2.75) is 46.0 Å². The van der Waals surface area contributed by atoms with Crippen molar-refractivity contribution in [2.75, 3.05) is 0 Å². The van der Waals surface area contributed by atoms with Gasteiger partial charge in [-0.15, -0.1) is 0 Å². The van der Waals surface area contributed by atoms with Gasteiger partial charge in [-0.2, -0.15) is 0 Å². The zero-order chi connectivity index (χ0) is 21.6. The molecule has 158 valence electrons. The number of Topliss-reactive ketones (excluding diaryl/α,β-unsaturated/α-hetero) is 1. The van der Waals surface area contributed by atoms with E-state index in [1.54, 1.807) is 12.4 Å². The Morgan fingerprint density at radius 3 is 2.58 bits per heavy atom. The number of hydrogen-bond donors (Lipinski definition) is 0. The molecule has 0 amide bonds. The summed E-state index contributed by atoms with van der Waals surface area (Å²) in [6, 6.07) is 15.8. The third-order valence-electron chi connectivity index (χ3n) is 5.79. The Balaban J connectivity index is 1.33. The first kappa shape index (κ1) is 21.0. The lowest BCUT2D eigenvalue weighted by atomic mass is 9.82. The molecule has 4 nitrogen and oxygen atoms in total. The third kappa shape index (κ3) is 5.88. The van der Waals surface area contributed by atoms with Gasteiger partial charge in [0.15, 0.2) is 5.78 Å². The van der Waals surface area contributed by atoms with E-state index in [4.69, 9.17) is 4.74 Å². The molecule has 3 aromatic rings. The third-order valence-corrected chi connectivity index (χ3v) is 5.79. The van der Waals surface area contributed by atoms with E-state index in [1.807, 2.05) is 50.2 Å². The molecule has 4 rings (SSSR count). The number of carbonyl (C=O) groups excluding carboxylic acids is 1. The van der Waals surface area contributed by atoms with Crippen LogP contribution in [-0.4, -0.2) is 15.8 Å². The Kier molecular flexibility index (Phi) is 6.56. The van der Waals surface area contributed by atoms with Gasteiger partial charge in [0.1, 0.15) is 5.75 Å². The van der Waals surface area contributed by atoms with Crippen molar-refractivity contribution in [3.8, 4) is 11.6 Å². The molecule has 0 spiro atoms. The fourth-order valence-corrected chi connectivity index (χ4v) is 3.95. The van der Waals surface area contributed by atoms with Crippen molar-refractivity contribution in [1.29, 1.82) is 0 Å². The van der Waals surface area contributed by atoms with Crippen molar-refractivity contribution >= 4 is 11.9 Å². The first-order valence-electron chi connectivity index (χ1n) is 10.9. The van der Waals surface area contributed by atoms with Crippen molar-refractivity contribution < 1.29 is 9.53 Å². The van der Waals surface area contributed by atoms with Crippen LogP contribution in [0.15, 0.2) is 66.5 Å². The van der Waals surface area contributed by atoms with Gasteiger partial charge < -0.3 is 4.74 Å². The first-order valence-corrected chi connectivity index (χ1v) is 10.9. The minimum atomic E-state index is 0.208. The van der Waals surface area contributed by atoms with Crippen LogP contribution in [0.2, 0.25) is 0 Å². The Morgan fingerprint density at radius 2 is 1.87 bits per heavy atom. The lowest BCUT2D eigenvalue weighted by Gasteiger charge is -2.23. The molecule has 0 unspecified atom stereocenters. The lowest BCUT2D eigenvalue weighted by Crippen LogP contribution is -2.13. The fourth-order valence-electron chi connectivity index (χ4n) is 3.95. The number of benzene rings is 1. The molecule has 0 radical (unpaired) electrons. The summed E-state index contributed by atoms with van der Waals surface area (Å²) in [5.41, 5.74) is 5.35. The van der Waals surface area contributed by atoms with E-state index >= 15 is 0 Å². The van der Waals surface area contributed by atoms with Crippen molar-refractivity contribution in [3.63, 3.8) is 0 Å². The van der Waals surface area contributed by atoms with Gasteiger partial charge in [-0.1, -0.05) is 29.8 Å². The highest BCUT2D eigenvalue weighted by Gasteiger charge is 2.20. The number of ketones is 1. The van der Waals surface area contributed by atoms with Crippen LogP contribution in [0, 0.1) is 19.8 Å². The molecule has 1 saturated carbocycles. The highest BCUT2D eigenvalue weighted by atomic mass is 16.5. The molecule has 31 heavy (non-hydrogen) atoms. The monoisotopic (exact) mass is 412 g/mol. The quantitative estimate of drug-likeness (QED) is 0.421. The molecule has 0 N–H and O–H groups in total. The van der Waals surface area contributed by atoms with Crippen LogP contribution in [0.1, 0.15) is 59.3 Å². The van der Waals surface area contributed by atoms with E-state index < -0.39 is 0 Å². The Hall–Kier alpha value is -3.27. The summed E-state index contributed by atoms with van der Waals surface area (Å²) in [5, 5.41) is 0. The second-order valence-corrected chi connectivity index (χ2v) is 8.41. The van der Waals surface area contributed by atoms with Gasteiger partial charge in [-0.05, 0) is 80.8 Å². The standard InChI is InChI=1S/C27H28N2O2/c1-19-6-13-27(29-17-19)31-25-5-3-4-23(15-25)14-21-8-10-22(11-9-21)16-26(30)24-12-7-20(2)28-18-24/h3-7,12-15,17-18,22H,8-11,16H2,1-2H3. The molecule has 1 fully saturated rings. The SMILES string of the molecule is Cc1ccc(Oc2cccc(C=C3CCC(CC(=O)c4ccc(C)nc4)CC3)c2)nc1. The van der Waals surface area contributed by atoms with Crippen LogP contribution in [0.3, 0.4) is 0 Å². The summed E-state index contributed by atoms with van der Waals surface area (Å²) in [4.78, 5) is 21.1. The van der Waals surface area contributed by atoms with Crippen LogP contribution in [-0.2, 0) is 0 Å². The van der Waals surface area contributed by atoms with Gasteiger partial charge in [0, 0.05) is 36.1 Å². The zero-order valence-corrected chi connectivity index (χ0v) is 18.2. The predicted molar refractivity (Wildman–Crippen MR) is 123 cm³/mol. The summed E-state index contributed by atoms with van der Waals surface area (Å²) >= 11 is 0. The molecule has 0 atom stereocenters. The number of allylic oxidation sites excluding steroid dienone is 1. The Bertz CT molecular complexity index is 1060. The average Bonchev–Trinajstić information content (AvgIpc) is 2.77. The van der Waals surface area contributed by atoms with E-state index in [9.17, 15) is 4.79 Å². The van der Waals surface area contributed by atoms with Crippen molar-refractivity contribution in [2.24, 2.45) is 5.92 Å². The normalized spacial score (nSPS) is 16.1. The molecule has 0 bridgehead atoms. The molecular formula is C27H28N2O2. The second-order valence-electron chi connectivity index (χ2n) is 8.41. The van der Waals surface area contributed by atoms with Gasteiger partial charge >= 0.3 is 0 Å². The molecule has 1 aliphatic rings.